The summed E-state index contributed by atoms with van der Waals surface area (Å²) in [6, 6.07) is 8.59. The molecule has 28 heavy (non-hydrogen) atoms. The van der Waals surface area contributed by atoms with Crippen LogP contribution >= 0.6 is 0 Å². The summed E-state index contributed by atoms with van der Waals surface area (Å²) in [5.74, 6) is 1.63. The van der Waals surface area contributed by atoms with Crippen molar-refractivity contribution in [3.63, 3.8) is 0 Å². The van der Waals surface area contributed by atoms with E-state index in [-0.39, 0.29) is 0 Å². The van der Waals surface area contributed by atoms with E-state index in [9.17, 15) is 0 Å². The number of nitrogens with zero attached hydrogens (tertiary/aromatic N) is 3. The lowest BCUT2D eigenvalue weighted by atomic mass is 10.0. The van der Waals surface area contributed by atoms with Gasteiger partial charge in [0.15, 0.2) is 0 Å². The lowest BCUT2D eigenvalue weighted by Crippen LogP contribution is -2.36. The number of rotatable bonds is 7. The first-order valence-electron chi connectivity index (χ1n) is 10.1. The molecule has 0 radical (unpaired) electrons. The monoisotopic (exact) mass is 379 g/mol. The molecule has 0 aliphatic carbocycles. The van der Waals surface area contributed by atoms with E-state index in [0.717, 1.165) is 42.5 Å². The average Bonchev–Trinajstić information content (AvgIpc) is 2.67. The van der Waals surface area contributed by atoms with Gasteiger partial charge in [-0.25, -0.2) is 10.4 Å². The fourth-order valence-electron chi connectivity index (χ4n) is 3.81. The van der Waals surface area contributed by atoms with Crippen molar-refractivity contribution in [2.24, 2.45) is 5.92 Å². The van der Waals surface area contributed by atoms with E-state index in [1.807, 2.05) is 25.3 Å². The molecular weight excluding hydrogens is 346 g/mol. The van der Waals surface area contributed by atoms with Crippen molar-refractivity contribution in [3.05, 3.63) is 54.5 Å². The molecule has 1 fully saturated rings. The van der Waals surface area contributed by atoms with E-state index < -0.39 is 0 Å². The molecule has 2 aromatic rings. The molecule has 1 saturated heterocycles. The molecule has 5 heteroatoms. The number of piperidine rings is 1. The highest BCUT2D eigenvalue weighted by Crippen LogP contribution is 2.23. The number of benzene rings is 1. The van der Waals surface area contributed by atoms with E-state index in [0.29, 0.717) is 0 Å². The van der Waals surface area contributed by atoms with Crippen LogP contribution in [-0.2, 0) is 0 Å². The molecule has 2 N–H and O–H groups in total. The molecule has 0 bridgehead atoms. The Labute approximate surface area is 169 Å². The zero-order valence-corrected chi connectivity index (χ0v) is 17.6. The number of fused-ring (bicyclic) bond motifs is 1. The Bertz CT molecular complexity index is 857. The van der Waals surface area contributed by atoms with Gasteiger partial charge in [0.2, 0.25) is 0 Å². The summed E-state index contributed by atoms with van der Waals surface area (Å²) in [6.07, 6.45) is 6.63. The molecule has 0 amide bonds. The van der Waals surface area contributed by atoms with Crippen LogP contribution in [0.3, 0.4) is 0 Å². The first kappa shape index (κ1) is 20.4. The Balaban J connectivity index is 1.71. The molecule has 0 saturated carbocycles. The van der Waals surface area contributed by atoms with E-state index in [2.05, 4.69) is 71.5 Å². The number of hydrogen-bond donors (Lipinski definition) is 2. The van der Waals surface area contributed by atoms with Crippen LogP contribution in [0.1, 0.15) is 32.3 Å². The van der Waals surface area contributed by atoms with Gasteiger partial charge in [-0.15, -0.1) is 0 Å². The highest BCUT2D eigenvalue weighted by molar-refractivity contribution is 5.87. The van der Waals surface area contributed by atoms with Crippen molar-refractivity contribution in [1.82, 2.24) is 20.3 Å². The number of pyridine rings is 1. The Morgan fingerprint density at radius 1 is 1.36 bits per heavy atom. The minimum absolute atomic E-state index is 0.775. The highest BCUT2D eigenvalue weighted by Gasteiger charge is 2.16. The van der Waals surface area contributed by atoms with Gasteiger partial charge >= 0.3 is 0 Å². The molecule has 1 aromatic heterocycles. The van der Waals surface area contributed by atoms with Crippen molar-refractivity contribution < 1.29 is 0 Å². The lowest BCUT2D eigenvalue weighted by Gasteiger charge is -2.31. The lowest BCUT2D eigenvalue weighted by molar-refractivity contribution is 0.198. The minimum Gasteiger partial charge on any atom is -0.343 e. The van der Waals surface area contributed by atoms with Crippen LogP contribution < -0.4 is 10.7 Å². The molecule has 0 unspecified atom stereocenters. The van der Waals surface area contributed by atoms with Crippen LogP contribution in [-0.4, -0.2) is 48.6 Å². The maximum atomic E-state index is 4.57. The summed E-state index contributed by atoms with van der Waals surface area (Å²) in [5.41, 5.74) is 6.50. The summed E-state index contributed by atoms with van der Waals surface area (Å²) < 4.78 is 0. The van der Waals surface area contributed by atoms with Gasteiger partial charge in [0, 0.05) is 50.7 Å². The van der Waals surface area contributed by atoms with E-state index in [1.165, 1.54) is 29.4 Å². The number of allylic oxidation sites excluding steroid dienone is 1. The maximum Gasteiger partial charge on any atom is 0.130 e. The van der Waals surface area contributed by atoms with Crippen LogP contribution in [0.2, 0.25) is 0 Å². The summed E-state index contributed by atoms with van der Waals surface area (Å²) in [5, 5.41) is 7.67. The standard InChI is InChI=1S/C23H33N5/c1-17-7-6-10-28(14-17)16-19(3)26-23-12-22-11-20(8-9-21(22)13-25-23)18(2)15-27(5)24-4/h8-9,11-13,15,17,24H,3,6-7,10,14,16H2,1-2,4-5H3,(H,25,26)/b18-15+/t17-/m1/s1. The van der Waals surface area contributed by atoms with E-state index >= 15 is 0 Å². The van der Waals surface area contributed by atoms with Crippen LogP contribution in [0.25, 0.3) is 16.3 Å². The van der Waals surface area contributed by atoms with Crippen molar-refractivity contribution in [3.8, 4) is 0 Å². The zero-order valence-electron chi connectivity index (χ0n) is 17.6. The average molecular weight is 380 g/mol. The van der Waals surface area contributed by atoms with Crippen molar-refractivity contribution >= 4 is 22.2 Å². The number of likely N-dealkylation sites (tertiary alicyclic amines) is 1. The predicted octanol–water partition coefficient (Wildman–Crippen LogP) is 4.32. The Morgan fingerprint density at radius 3 is 2.93 bits per heavy atom. The van der Waals surface area contributed by atoms with Crippen molar-refractivity contribution in [2.45, 2.75) is 26.7 Å². The van der Waals surface area contributed by atoms with Gasteiger partial charge < -0.3 is 10.3 Å². The molecule has 150 valence electrons. The largest absolute Gasteiger partial charge is 0.343 e. The van der Waals surface area contributed by atoms with Gasteiger partial charge in [0.25, 0.3) is 0 Å². The van der Waals surface area contributed by atoms with Crippen LogP contribution in [0, 0.1) is 5.92 Å². The quantitative estimate of drug-likeness (QED) is 0.702. The van der Waals surface area contributed by atoms with E-state index in [4.69, 9.17) is 0 Å². The summed E-state index contributed by atoms with van der Waals surface area (Å²) in [4.78, 5) is 7.05. The third kappa shape index (κ3) is 5.33. The third-order valence-electron chi connectivity index (χ3n) is 5.38. The number of nitrogens with one attached hydrogen (secondary N) is 2. The molecule has 0 spiro atoms. The van der Waals surface area contributed by atoms with Crippen molar-refractivity contribution in [1.29, 1.82) is 0 Å². The van der Waals surface area contributed by atoms with Crippen LogP contribution in [0.4, 0.5) is 5.82 Å². The number of hydrazine groups is 1. The molecule has 5 nitrogen and oxygen atoms in total. The maximum absolute atomic E-state index is 4.57. The zero-order chi connectivity index (χ0) is 20.1. The molecular formula is C23H33N5. The summed E-state index contributed by atoms with van der Waals surface area (Å²) in [6.45, 7) is 11.9. The van der Waals surface area contributed by atoms with Crippen LogP contribution in [0.5, 0.6) is 0 Å². The second-order valence-electron chi connectivity index (χ2n) is 7.99. The van der Waals surface area contributed by atoms with Crippen molar-refractivity contribution in [2.75, 3.05) is 39.0 Å². The highest BCUT2D eigenvalue weighted by atomic mass is 15.5. The van der Waals surface area contributed by atoms with Crippen LogP contribution in [0.15, 0.2) is 48.9 Å². The Hall–Kier alpha value is -2.37. The number of hydrogen-bond acceptors (Lipinski definition) is 5. The van der Waals surface area contributed by atoms with Gasteiger partial charge in [-0.2, -0.15) is 0 Å². The summed E-state index contributed by atoms with van der Waals surface area (Å²) in [7, 11) is 3.90. The second-order valence-corrected chi connectivity index (χ2v) is 7.99. The van der Waals surface area contributed by atoms with Gasteiger partial charge in [-0.3, -0.25) is 4.90 Å². The normalized spacial score (nSPS) is 18.3. The van der Waals surface area contributed by atoms with Gasteiger partial charge in [-0.05, 0) is 60.9 Å². The molecule has 1 aliphatic rings. The summed E-state index contributed by atoms with van der Waals surface area (Å²) >= 11 is 0. The Morgan fingerprint density at radius 2 is 2.18 bits per heavy atom. The smallest absolute Gasteiger partial charge is 0.130 e. The fourth-order valence-corrected chi connectivity index (χ4v) is 3.81. The molecule has 1 aliphatic heterocycles. The predicted molar refractivity (Wildman–Crippen MR) is 120 cm³/mol. The van der Waals surface area contributed by atoms with Gasteiger partial charge in [-0.1, -0.05) is 25.6 Å². The minimum atomic E-state index is 0.775. The Kier molecular flexibility index (Phi) is 6.70. The van der Waals surface area contributed by atoms with E-state index in [1.54, 1.807) is 0 Å². The van der Waals surface area contributed by atoms with Gasteiger partial charge in [0.05, 0.1) is 0 Å². The molecule has 1 aromatic carbocycles. The molecule has 1 atom stereocenters. The number of aromatic nitrogens is 1. The first-order chi connectivity index (χ1) is 13.4. The number of anilines is 1. The topological polar surface area (TPSA) is 43.4 Å². The second kappa shape index (κ2) is 9.22. The molecule has 3 rings (SSSR count). The first-order valence-corrected chi connectivity index (χ1v) is 10.1. The SMILES string of the molecule is C=C(CN1CCC[C@@H](C)C1)Nc1cc2cc(/C(C)=C/N(C)NC)ccc2cn1. The fraction of sp³-hybridized carbons (Fsp3) is 0.435. The van der Waals surface area contributed by atoms with Gasteiger partial charge in [0.1, 0.15) is 5.82 Å². The molecule has 2 heterocycles. The third-order valence-corrected chi connectivity index (χ3v) is 5.38.